The van der Waals surface area contributed by atoms with E-state index in [0.29, 0.717) is 45.4 Å². The van der Waals surface area contributed by atoms with E-state index >= 15 is 0 Å². The Labute approximate surface area is 138 Å². The summed E-state index contributed by atoms with van der Waals surface area (Å²) >= 11 is 0. The van der Waals surface area contributed by atoms with Gasteiger partial charge in [0, 0.05) is 44.6 Å². The Bertz CT molecular complexity index is 533. The molecule has 7 nitrogen and oxygen atoms in total. The van der Waals surface area contributed by atoms with Gasteiger partial charge in [-0.2, -0.15) is 0 Å². The first-order valence-electron chi connectivity index (χ1n) is 8.34. The summed E-state index contributed by atoms with van der Waals surface area (Å²) in [6.45, 7) is 4.02. The standard InChI is InChI=1S/C15H27N3O4S/c1-3-14(19)16-13-6-8-17(9-7-13)15(20)12-4-10-18(11-5-12)23(2,21)22/h12-13H,3-11H2,1-2H3,(H,16,19). The topological polar surface area (TPSA) is 86.8 Å². The minimum atomic E-state index is -3.15. The highest BCUT2D eigenvalue weighted by Crippen LogP contribution is 2.23. The van der Waals surface area contributed by atoms with E-state index in [0.717, 1.165) is 12.8 Å². The van der Waals surface area contributed by atoms with Crippen LogP contribution in [0, 0.1) is 5.92 Å². The van der Waals surface area contributed by atoms with Crippen molar-refractivity contribution in [2.24, 2.45) is 5.92 Å². The number of likely N-dealkylation sites (tertiary alicyclic amines) is 1. The zero-order valence-electron chi connectivity index (χ0n) is 14.0. The molecule has 2 heterocycles. The van der Waals surface area contributed by atoms with Crippen LogP contribution in [0.5, 0.6) is 0 Å². The number of sulfonamides is 1. The molecule has 8 heteroatoms. The molecule has 2 aliphatic heterocycles. The molecular formula is C15H27N3O4S. The Morgan fingerprint density at radius 3 is 2.09 bits per heavy atom. The third-order valence-corrected chi connectivity index (χ3v) is 6.07. The van der Waals surface area contributed by atoms with Gasteiger partial charge < -0.3 is 10.2 Å². The first-order chi connectivity index (χ1) is 10.8. The predicted molar refractivity (Wildman–Crippen MR) is 87.2 cm³/mol. The van der Waals surface area contributed by atoms with Gasteiger partial charge in [0.1, 0.15) is 0 Å². The lowest BCUT2D eigenvalue weighted by atomic mass is 9.95. The number of nitrogens with zero attached hydrogens (tertiary/aromatic N) is 2. The molecule has 132 valence electrons. The van der Waals surface area contributed by atoms with Crippen LogP contribution in [0.3, 0.4) is 0 Å². The molecule has 0 aromatic heterocycles. The normalized spacial score (nSPS) is 22.1. The Morgan fingerprint density at radius 1 is 1.04 bits per heavy atom. The molecule has 2 rings (SSSR count). The Morgan fingerprint density at radius 2 is 1.61 bits per heavy atom. The molecule has 0 aliphatic carbocycles. The average Bonchev–Trinajstić information content (AvgIpc) is 2.54. The summed E-state index contributed by atoms with van der Waals surface area (Å²) in [5, 5.41) is 2.98. The molecule has 23 heavy (non-hydrogen) atoms. The summed E-state index contributed by atoms with van der Waals surface area (Å²) in [4.78, 5) is 25.8. The van der Waals surface area contributed by atoms with Gasteiger partial charge in [-0.3, -0.25) is 9.59 Å². The van der Waals surface area contributed by atoms with Gasteiger partial charge in [-0.25, -0.2) is 12.7 Å². The zero-order valence-corrected chi connectivity index (χ0v) is 14.8. The highest BCUT2D eigenvalue weighted by molar-refractivity contribution is 7.88. The number of rotatable bonds is 4. The monoisotopic (exact) mass is 345 g/mol. The van der Waals surface area contributed by atoms with Crippen LogP contribution in [0.25, 0.3) is 0 Å². The van der Waals surface area contributed by atoms with Crippen molar-refractivity contribution >= 4 is 21.8 Å². The van der Waals surface area contributed by atoms with Gasteiger partial charge in [0.25, 0.3) is 0 Å². The maximum Gasteiger partial charge on any atom is 0.225 e. The van der Waals surface area contributed by atoms with Gasteiger partial charge in [0.05, 0.1) is 6.26 Å². The smallest absolute Gasteiger partial charge is 0.225 e. The molecule has 0 atom stereocenters. The van der Waals surface area contributed by atoms with Gasteiger partial charge in [-0.1, -0.05) is 6.92 Å². The van der Waals surface area contributed by atoms with E-state index < -0.39 is 10.0 Å². The van der Waals surface area contributed by atoms with Crippen molar-refractivity contribution in [3.8, 4) is 0 Å². The Hall–Kier alpha value is -1.15. The van der Waals surface area contributed by atoms with E-state index in [-0.39, 0.29) is 23.8 Å². The van der Waals surface area contributed by atoms with Crippen LogP contribution in [0.2, 0.25) is 0 Å². The van der Waals surface area contributed by atoms with E-state index in [1.54, 1.807) is 0 Å². The molecule has 0 spiro atoms. The van der Waals surface area contributed by atoms with Crippen LogP contribution >= 0.6 is 0 Å². The number of amides is 2. The molecule has 0 radical (unpaired) electrons. The van der Waals surface area contributed by atoms with Crippen molar-refractivity contribution in [2.45, 2.75) is 45.1 Å². The third-order valence-electron chi connectivity index (χ3n) is 4.77. The summed E-state index contributed by atoms with van der Waals surface area (Å²) in [6, 6.07) is 0.165. The van der Waals surface area contributed by atoms with E-state index in [2.05, 4.69) is 5.32 Å². The van der Waals surface area contributed by atoms with Gasteiger partial charge in [-0.05, 0) is 25.7 Å². The largest absolute Gasteiger partial charge is 0.353 e. The summed E-state index contributed by atoms with van der Waals surface area (Å²) < 4.78 is 24.5. The summed E-state index contributed by atoms with van der Waals surface area (Å²) in [5.41, 5.74) is 0. The fourth-order valence-corrected chi connectivity index (χ4v) is 4.14. The lowest BCUT2D eigenvalue weighted by Gasteiger charge is -2.36. The van der Waals surface area contributed by atoms with Crippen molar-refractivity contribution in [2.75, 3.05) is 32.4 Å². The number of hydrogen-bond donors (Lipinski definition) is 1. The lowest BCUT2D eigenvalue weighted by molar-refractivity contribution is -0.138. The minimum absolute atomic E-state index is 0.0583. The summed E-state index contributed by atoms with van der Waals surface area (Å²) in [5.74, 6) is 0.121. The van der Waals surface area contributed by atoms with Gasteiger partial charge in [0.15, 0.2) is 0 Å². The zero-order chi connectivity index (χ0) is 17.0. The maximum atomic E-state index is 12.6. The number of carbonyl (C=O) groups is 2. The number of nitrogens with one attached hydrogen (secondary N) is 1. The van der Waals surface area contributed by atoms with Crippen LogP contribution in [-0.2, 0) is 19.6 Å². The quantitative estimate of drug-likeness (QED) is 0.787. The van der Waals surface area contributed by atoms with Crippen molar-refractivity contribution in [1.29, 1.82) is 0 Å². The molecule has 2 saturated heterocycles. The average molecular weight is 345 g/mol. The first-order valence-corrected chi connectivity index (χ1v) is 10.2. The highest BCUT2D eigenvalue weighted by atomic mass is 32.2. The van der Waals surface area contributed by atoms with Crippen LogP contribution in [0.15, 0.2) is 0 Å². The van der Waals surface area contributed by atoms with Gasteiger partial charge in [0.2, 0.25) is 21.8 Å². The van der Waals surface area contributed by atoms with Crippen LogP contribution in [0.1, 0.15) is 39.0 Å². The van der Waals surface area contributed by atoms with Crippen molar-refractivity contribution in [1.82, 2.24) is 14.5 Å². The summed E-state index contributed by atoms with van der Waals surface area (Å²) in [6.07, 6.45) is 4.47. The maximum absolute atomic E-state index is 12.6. The second-order valence-electron chi connectivity index (χ2n) is 6.46. The van der Waals surface area contributed by atoms with E-state index in [1.165, 1.54) is 10.6 Å². The minimum Gasteiger partial charge on any atom is -0.353 e. The van der Waals surface area contributed by atoms with E-state index in [9.17, 15) is 18.0 Å². The molecule has 2 amide bonds. The van der Waals surface area contributed by atoms with Gasteiger partial charge >= 0.3 is 0 Å². The second-order valence-corrected chi connectivity index (χ2v) is 8.44. The lowest BCUT2D eigenvalue weighted by Crippen LogP contribution is -2.49. The van der Waals surface area contributed by atoms with Crippen LogP contribution in [-0.4, -0.2) is 67.9 Å². The molecule has 1 N–H and O–H groups in total. The fraction of sp³-hybridized carbons (Fsp3) is 0.867. The van der Waals surface area contributed by atoms with E-state index in [4.69, 9.17) is 0 Å². The Balaban J connectivity index is 1.79. The highest BCUT2D eigenvalue weighted by Gasteiger charge is 2.33. The van der Waals surface area contributed by atoms with Crippen molar-refractivity contribution < 1.29 is 18.0 Å². The first kappa shape index (κ1) is 18.2. The molecule has 0 aromatic rings. The number of piperidine rings is 2. The molecule has 0 unspecified atom stereocenters. The molecule has 0 aromatic carbocycles. The number of carbonyl (C=O) groups excluding carboxylic acids is 2. The SMILES string of the molecule is CCC(=O)NC1CCN(C(=O)C2CCN(S(C)(=O)=O)CC2)CC1. The molecule has 0 bridgehead atoms. The summed E-state index contributed by atoms with van der Waals surface area (Å²) in [7, 11) is -3.15. The van der Waals surface area contributed by atoms with Crippen molar-refractivity contribution in [3.05, 3.63) is 0 Å². The fourth-order valence-electron chi connectivity index (χ4n) is 3.27. The molecule has 0 saturated carbocycles. The predicted octanol–water partition coefficient (Wildman–Crippen LogP) is 0.175. The molecule has 2 fully saturated rings. The van der Waals surface area contributed by atoms with E-state index in [1.807, 2.05) is 11.8 Å². The van der Waals surface area contributed by atoms with Crippen LogP contribution < -0.4 is 5.32 Å². The second kappa shape index (κ2) is 7.61. The molecule has 2 aliphatic rings. The number of hydrogen-bond acceptors (Lipinski definition) is 4. The third kappa shape index (κ3) is 4.91. The molecular weight excluding hydrogens is 318 g/mol. The van der Waals surface area contributed by atoms with Crippen molar-refractivity contribution in [3.63, 3.8) is 0 Å². The Kier molecular flexibility index (Phi) is 6.02. The van der Waals surface area contributed by atoms with Gasteiger partial charge in [-0.15, -0.1) is 0 Å². The van der Waals surface area contributed by atoms with Crippen LogP contribution in [0.4, 0.5) is 0 Å².